The van der Waals surface area contributed by atoms with Gasteiger partial charge in [0.15, 0.2) is 5.94 Å². The van der Waals surface area contributed by atoms with E-state index in [2.05, 4.69) is 144 Å². The maximum atomic E-state index is 8.92. The van der Waals surface area contributed by atoms with Crippen LogP contribution in [0.15, 0.2) is 0 Å². The first-order chi connectivity index (χ1) is 15.8. The van der Waals surface area contributed by atoms with Gasteiger partial charge in [-0.2, -0.15) is 33.2 Å². The zero-order valence-corrected chi connectivity index (χ0v) is 38.7. The Kier molecular flexibility index (Phi) is 11.5. The van der Waals surface area contributed by atoms with Crippen LogP contribution >= 0.6 is 55.4 Å². The number of hydrogen-bond acceptors (Lipinski definition) is 0. The number of halogens is 5. The van der Waals surface area contributed by atoms with Crippen LogP contribution in [0, 0.1) is 0 Å². The molecule has 230 valence electrons. The third-order valence-corrected chi connectivity index (χ3v) is 162. The summed E-state index contributed by atoms with van der Waals surface area (Å²) in [5, 5.41) is -0.315. The van der Waals surface area contributed by atoms with Crippen LogP contribution in [0.25, 0.3) is 0 Å². The summed E-state index contributed by atoms with van der Waals surface area (Å²) in [5.74, 6) is -3.18. The van der Waals surface area contributed by atoms with Crippen molar-refractivity contribution < 1.29 is 0 Å². The van der Waals surface area contributed by atoms with E-state index in [0.29, 0.717) is 0 Å². The summed E-state index contributed by atoms with van der Waals surface area (Å²) in [7, 11) is -7.66. The molecule has 0 N–H and O–H groups in total. The third kappa shape index (κ3) is 5.33. The summed E-state index contributed by atoms with van der Waals surface area (Å²) < 4.78 is 0. The Morgan fingerprint density at radius 1 is 0.289 bits per heavy atom. The average molecular weight is 734 g/mol. The Morgan fingerprint density at radius 3 is 0.579 bits per heavy atom. The predicted octanol–water partition coefficient (Wildman–Crippen LogP) is 13.4. The van der Waals surface area contributed by atoms with Crippen LogP contribution in [0.2, 0.25) is 49.9 Å². The molecule has 0 rings (SSSR count). The highest BCUT2D eigenvalue weighted by molar-refractivity contribution is 8.30. The van der Waals surface area contributed by atoms with Gasteiger partial charge in [-0.1, -0.05) is 144 Å². The second kappa shape index (κ2) is 10.7. The number of rotatable bonds is 5. The topological polar surface area (TPSA) is 0 Å². The summed E-state index contributed by atoms with van der Waals surface area (Å²) in [6.07, 6.45) is 0. The van der Waals surface area contributed by atoms with E-state index in [1.54, 1.807) is 0 Å². The van der Waals surface area contributed by atoms with E-state index in [9.17, 15) is 0 Å². The fraction of sp³-hybridized carbons (Fsp3) is 1.00. The zero-order chi connectivity index (χ0) is 32.0. The lowest BCUT2D eigenvalue weighted by molar-refractivity contribution is 0.625. The first kappa shape index (κ1) is 40.8. The van der Waals surface area contributed by atoms with Crippen LogP contribution in [0.3, 0.4) is 0 Å². The minimum atomic E-state index is -3.55. The molecule has 0 spiro atoms. The van der Waals surface area contributed by atoms with Gasteiger partial charge < -0.3 is 0 Å². The molecule has 0 aliphatic carbocycles. The van der Waals surface area contributed by atoms with Crippen molar-refractivity contribution in [2.24, 2.45) is 0 Å². The monoisotopic (exact) mass is 730 g/mol. The lowest BCUT2D eigenvalue weighted by atomic mass is 10.2. The molecule has 0 fully saturated rings. The first-order valence-electron chi connectivity index (χ1n) is 14.2. The molecule has 0 amide bonds. The second-order valence-corrected chi connectivity index (χ2v) is 90.4. The molecule has 0 heterocycles. The Bertz CT molecular complexity index is 779. The van der Waals surface area contributed by atoms with Gasteiger partial charge in [0.05, 0.1) is 22.8 Å². The van der Waals surface area contributed by atoms with Crippen molar-refractivity contribution >= 4 is 95.6 Å². The highest BCUT2D eigenvalue weighted by atomic mass is 35.8. The van der Waals surface area contributed by atoms with Gasteiger partial charge >= 0.3 is 0 Å². The Labute approximate surface area is 267 Å². The van der Waals surface area contributed by atoms with E-state index in [4.69, 9.17) is 55.4 Å². The summed E-state index contributed by atoms with van der Waals surface area (Å²) >= 11 is 42.0. The van der Waals surface area contributed by atoms with Crippen molar-refractivity contribution in [1.29, 1.82) is 0 Å². The first-order valence-corrected chi connectivity index (χ1v) is 37.8. The molecule has 0 aromatic heterocycles. The predicted molar refractivity (Wildman–Crippen MR) is 200 cm³/mol. The molecule has 0 aromatic rings. The van der Waals surface area contributed by atoms with Crippen molar-refractivity contribution in [1.82, 2.24) is 0 Å². The Morgan fingerprint density at radius 2 is 0.447 bits per heavy atom. The van der Waals surface area contributed by atoms with Gasteiger partial charge in [0.2, 0.25) is 0 Å². The maximum absolute atomic E-state index is 8.92. The molecule has 0 saturated heterocycles. The van der Waals surface area contributed by atoms with E-state index in [-0.39, 0.29) is 30.2 Å². The van der Waals surface area contributed by atoms with E-state index >= 15 is 0 Å². The molecule has 0 atom stereocenters. The summed E-state index contributed by atoms with van der Waals surface area (Å²) in [5.41, 5.74) is -6.92. The minimum absolute atomic E-state index is 0.0360. The van der Waals surface area contributed by atoms with E-state index in [1.165, 1.54) is 0 Å². The lowest BCUT2D eigenvalue weighted by Gasteiger charge is -2.71. The van der Waals surface area contributed by atoms with Gasteiger partial charge in [-0.25, -0.2) is 0 Å². The van der Waals surface area contributed by atoms with Gasteiger partial charge in [0.1, 0.15) is 0 Å². The molecular weight excluding hydrogens is 670 g/mol. The molecule has 0 nitrogen and oxygen atoms in total. The summed E-state index contributed by atoms with van der Waals surface area (Å²) in [4.78, 5) is 0. The fourth-order valence-electron chi connectivity index (χ4n) is 8.04. The van der Waals surface area contributed by atoms with E-state index in [0.717, 1.165) is 0 Å². The summed E-state index contributed by atoms with van der Waals surface area (Å²) in [6, 6.07) is 0. The molecule has 0 unspecified atom stereocenters. The van der Waals surface area contributed by atoms with Crippen LogP contribution in [0.4, 0.5) is 0 Å². The third-order valence-electron chi connectivity index (χ3n) is 11.8. The molecule has 0 bridgehead atoms. The highest BCUT2D eigenvalue weighted by Gasteiger charge is 2.88. The van der Waals surface area contributed by atoms with Gasteiger partial charge in [0.25, 0.3) is 11.5 Å². The molecule has 38 heavy (non-hydrogen) atoms. The van der Waals surface area contributed by atoms with Crippen LogP contribution < -0.4 is 0 Å². The molecule has 0 aromatic carbocycles. The Balaban J connectivity index is 8.87. The van der Waals surface area contributed by atoms with Crippen molar-refractivity contribution in [3.63, 3.8) is 0 Å². The molecule has 0 saturated carbocycles. The van der Waals surface area contributed by atoms with Crippen molar-refractivity contribution in [2.75, 3.05) is 0 Å². The smallest absolute Gasteiger partial charge is 0.174 e. The molecule has 0 aliphatic rings. The normalized spacial score (nSPS) is 17.2. The van der Waals surface area contributed by atoms with E-state index < -0.39 is 40.2 Å². The maximum Gasteiger partial charge on any atom is 0.271 e. The van der Waals surface area contributed by atoms with Gasteiger partial charge in [-0.3, -0.25) is 0 Å². The van der Waals surface area contributed by atoms with Crippen molar-refractivity contribution in [3.8, 4) is 0 Å². The molecule has 0 aliphatic heterocycles. The van der Waals surface area contributed by atoms with Gasteiger partial charge in [0, 0.05) is 0 Å². The van der Waals surface area contributed by atoms with Crippen LogP contribution in [0.5, 0.6) is 0 Å². The lowest BCUT2D eigenvalue weighted by Crippen LogP contribution is -2.95. The molecular formula is C27H63Cl5Si6. The SMILES string of the molecule is CC(C)(C)[Si](C)(C(C)(C)C)[Si](Cl)(Cl)[Si](Cl)(Cl)[Si](Cl)([Si](C)(C(C)(C)C)C(C)(C)C)[Si](C)(C(C)(C)C)C(C)(C)C. The number of hydrogen-bond donors (Lipinski definition) is 0. The average Bonchev–Trinajstić information content (AvgIpc) is 2.58. The molecule has 11 heteroatoms. The highest BCUT2D eigenvalue weighted by Crippen LogP contribution is 2.72. The van der Waals surface area contributed by atoms with Crippen molar-refractivity contribution in [2.45, 2.75) is 174 Å². The van der Waals surface area contributed by atoms with Gasteiger partial charge in [-0.15, -0.1) is 22.2 Å². The van der Waals surface area contributed by atoms with Gasteiger partial charge in [-0.05, 0) is 30.2 Å². The van der Waals surface area contributed by atoms with Crippen LogP contribution in [-0.2, 0) is 0 Å². The second-order valence-electron chi connectivity index (χ2n) is 18.7. The largest absolute Gasteiger partial charge is 0.271 e. The molecule has 0 radical (unpaired) electrons. The Hall–Kier alpha value is 2.75. The standard InChI is InChI=1S/C27H63Cl5Si6/c1-22(2,3)33(19,23(4,5)6)36(28,29)37(30,31)38(32,34(20,24(7,8)9)25(10,11)12)35(21,26(13,14)15)27(16,17)18/h1-21H3. The quantitative estimate of drug-likeness (QED) is 0.195. The zero-order valence-electron chi connectivity index (χ0n) is 28.9. The summed E-state index contributed by atoms with van der Waals surface area (Å²) in [6.45, 7) is 50.3. The fourth-order valence-corrected chi connectivity index (χ4v) is 234. The van der Waals surface area contributed by atoms with Crippen LogP contribution in [0.1, 0.15) is 125 Å². The van der Waals surface area contributed by atoms with E-state index in [1.807, 2.05) is 0 Å². The minimum Gasteiger partial charge on any atom is -0.174 e. The van der Waals surface area contributed by atoms with Crippen molar-refractivity contribution in [3.05, 3.63) is 0 Å². The van der Waals surface area contributed by atoms with Crippen LogP contribution in [-0.4, -0.2) is 40.2 Å².